The van der Waals surface area contributed by atoms with Crippen LogP contribution in [0.25, 0.3) is 42.9 Å². The largest absolute Gasteiger partial charge is 0.678 e. The van der Waals surface area contributed by atoms with E-state index in [0.717, 1.165) is 42.5 Å². The molecule has 0 bridgehead atoms. The molecule has 2 aromatic heterocycles. The number of thiophene rings is 1. The lowest BCUT2D eigenvalue weighted by Gasteiger charge is -2.20. The van der Waals surface area contributed by atoms with Gasteiger partial charge >= 0.3 is 7.40 Å². The molecule has 6 heteroatoms. The van der Waals surface area contributed by atoms with Gasteiger partial charge < -0.3 is 9.89 Å². The van der Waals surface area contributed by atoms with Crippen LogP contribution in [0, 0.1) is 5.41 Å². The van der Waals surface area contributed by atoms with Crippen LogP contribution < -0.4 is 0 Å². The third-order valence-electron chi connectivity index (χ3n) is 8.29. The van der Waals surface area contributed by atoms with E-state index in [2.05, 4.69) is 123 Å². The van der Waals surface area contributed by atoms with Gasteiger partial charge in [0.2, 0.25) is 0 Å². The number of fused-ring (bicyclic) bond motifs is 1. The molecule has 0 spiro atoms. The van der Waals surface area contributed by atoms with Crippen molar-refractivity contribution >= 4 is 35.2 Å². The van der Waals surface area contributed by atoms with Crippen LogP contribution in [0.5, 0.6) is 0 Å². The Morgan fingerprint density at radius 2 is 0.977 bits per heavy atom. The monoisotopic (exact) mass is 594 g/mol. The molecule has 0 unspecified atom stereocenters. The van der Waals surface area contributed by atoms with Crippen LogP contribution in [-0.4, -0.2) is 18.1 Å². The fraction of sp³-hybridized carbons (Fsp3) is 0.324. The molecule has 5 aromatic rings. The Morgan fingerprint density at radius 1 is 0.605 bits per heavy atom. The molecule has 0 saturated heterocycles. The molecule has 2 nitrogen and oxygen atoms in total. The van der Waals surface area contributed by atoms with Crippen molar-refractivity contribution in [2.24, 2.45) is 0 Å². The van der Waals surface area contributed by atoms with E-state index in [1.54, 1.807) is 0 Å². The Morgan fingerprint density at radius 3 is 1.33 bits per heavy atom. The smallest absolute Gasteiger partial charge is 0.322 e. The summed E-state index contributed by atoms with van der Waals surface area (Å²) in [6.45, 7) is 19.5. The molecule has 222 valence electrons. The topological polar surface area (TPSA) is 28.8 Å². The van der Waals surface area contributed by atoms with Gasteiger partial charge in [0.05, 0.1) is 15.9 Å². The van der Waals surface area contributed by atoms with Gasteiger partial charge in [-0.3, -0.25) is 8.63 Å². The van der Waals surface area contributed by atoms with Crippen molar-refractivity contribution in [2.75, 3.05) is 0 Å². The highest BCUT2D eigenvalue weighted by Crippen LogP contribution is 2.51. The molecular weight excluding hydrogens is 553 g/mol. The van der Waals surface area contributed by atoms with Crippen molar-refractivity contribution in [1.29, 1.82) is 5.41 Å². The fourth-order valence-corrected chi connectivity index (χ4v) is 7.07. The minimum atomic E-state index is -2.81. The summed E-state index contributed by atoms with van der Waals surface area (Å²) in [5, 5.41) is 8.28. The minimum Gasteiger partial charge on any atom is -0.322 e. The zero-order valence-electron chi connectivity index (χ0n) is 26.7. The Hall–Kier alpha value is -3.51. The predicted molar refractivity (Wildman–Crippen MR) is 183 cm³/mol. The number of hydrogen-bond acceptors (Lipinski definition) is 2. The highest BCUT2D eigenvalue weighted by Gasteiger charge is 2.33. The normalized spacial score (nSPS) is 12.6. The number of hydrogen-bond donors (Lipinski definition) is 1. The molecule has 2 heterocycles. The molecule has 5 rings (SSSR count). The summed E-state index contributed by atoms with van der Waals surface area (Å²) in [5.41, 5.74) is 8.39. The van der Waals surface area contributed by atoms with Crippen molar-refractivity contribution < 1.29 is 8.63 Å². The van der Waals surface area contributed by atoms with Gasteiger partial charge in [0.15, 0.2) is 0 Å². The maximum Gasteiger partial charge on any atom is 0.678 e. The van der Waals surface area contributed by atoms with Gasteiger partial charge in [-0.25, -0.2) is 0 Å². The molecule has 0 saturated carbocycles. The van der Waals surface area contributed by atoms with Crippen LogP contribution in [0.4, 0.5) is 8.63 Å². The van der Waals surface area contributed by atoms with Crippen LogP contribution in [0.3, 0.4) is 0 Å². The summed E-state index contributed by atoms with van der Waals surface area (Å²) in [6, 6.07) is 25.0. The average molecular weight is 595 g/mol. The second-order valence-electron chi connectivity index (χ2n) is 14.5. The van der Waals surface area contributed by atoms with E-state index in [9.17, 15) is 0 Å². The van der Waals surface area contributed by atoms with Gasteiger partial charge in [-0.05, 0) is 49.6 Å². The Kier molecular flexibility index (Phi) is 7.83. The second-order valence-corrected chi connectivity index (χ2v) is 15.5. The van der Waals surface area contributed by atoms with Crippen LogP contribution in [0.15, 0.2) is 72.8 Å². The van der Waals surface area contributed by atoms with Gasteiger partial charge in [0, 0.05) is 22.2 Å². The Bertz CT molecular complexity index is 1770. The van der Waals surface area contributed by atoms with Gasteiger partial charge in [-0.15, -0.1) is 11.3 Å². The SMILES string of the molecule is CC(C)(C)c1ccc(-c2sc3c(-c4ccc(C(C)(C)C)cc4)c(C=N)n(B(F)F)c3c2-c2ccc(C(C)(C)C)cc2)cc1. The summed E-state index contributed by atoms with van der Waals surface area (Å²) in [6.07, 6.45) is 1.08. The van der Waals surface area contributed by atoms with Gasteiger partial charge in [-0.2, -0.15) is 0 Å². The molecule has 43 heavy (non-hydrogen) atoms. The summed E-state index contributed by atoms with van der Waals surface area (Å²) in [5.74, 6) is 0. The van der Waals surface area contributed by atoms with Crippen LogP contribution in [0.2, 0.25) is 0 Å². The minimum absolute atomic E-state index is 0.00180. The molecule has 0 aliphatic carbocycles. The van der Waals surface area contributed by atoms with Crippen molar-refractivity contribution in [2.45, 2.75) is 78.6 Å². The van der Waals surface area contributed by atoms with Crippen LogP contribution in [-0.2, 0) is 16.2 Å². The van der Waals surface area contributed by atoms with E-state index in [0.29, 0.717) is 11.1 Å². The molecule has 0 atom stereocenters. The predicted octanol–water partition coefficient (Wildman–Crippen LogP) is 11.4. The lowest BCUT2D eigenvalue weighted by Crippen LogP contribution is -2.16. The first-order chi connectivity index (χ1) is 20.0. The average Bonchev–Trinajstić information content (AvgIpc) is 3.46. The molecular formula is C37H41BF2N2S. The second kappa shape index (κ2) is 10.9. The number of benzene rings is 3. The van der Waals surface area contributed by atoms with E-state index in [4.69, 9.17) is 5.41 Å². The third kappa shape index (κ3) is 5.74. The molecule has 1 N–H and O–H groups in total. The summed E-state index contributed by atoms with van der Waals surface area (Å²) < 4.78 is 32.0. The zero-order chi connectivity index (χ0) is 31.5. The Balaban J connectivity index is 1.85. The van der Waals surface area contributed by atoms with Gasteiger partial charge in [0.1, 0.15) is 0 Å². The third-order valence-corrected chi connectivity index (χ3v) is 9.54. The first kappa shape index (κ1) is 30.9. The van der Waals surface area contributed by atoms with E-state index >= 15 is 8.63 Å². The maximum absolute atomic E-state index is 15.1. The first-order valence-corrected chi connectivity index (χ1v) is 15.7. The van der Waals surface area contributed by atoms with Crippen molar-refractivity contribution in [3.8, 4) is 32.7 Å². The highest BCUT2D eigenvalue weighted by atomic mass is 32.1. The number of nitrogens with zero attached hydrogens (tertiary/aromatic N) is 1. The van der Waals surface area contributed by atoms with E-state index in [1.165, 1.54) is 28.0 Å². The van der Waals surface area contributed by atoms with Crippen molar-refractivity contribution in [3.63, 3.8) is 0 Å². The van der Waals surface area contributed by atoms with Gasteiger partial charge in [0.25, 0.3) is 0 Å². The number of halogens is 2. The molecule has 0 radical (unpaired) electrons. The standard InChI is InChI=1S/C37H41BF2N2S/c1-35(2,3)26-16-10-23(11-17-26)30-29(22-41)42(38(39)40)32-31(24-12-18-27(19-13-24)36(4,5)6)33(43-34(30)32)25-14-20-28(21-15-25)37(7,8)9/h10-22,41H,1-9H3. The quantitative estimate of drug-likeness (QED) is 0.155. The molecule has 0 aliphatic rings. The van der Waals surface area contributed by atoms with Crippen molar-refractivity contribution in [3.05, 3.63) is 95.2 Å². The van der Waals surface area contributed by atoms with Crippen molar-refractivity contribution in [1.82, 2.24) is 4.48 Å². The molecule has 0 fully saturated rings. The zero-order valence-corrected chi connectivity index (χ0v) is 27.5. The number of aromatic nitrogens is 1. The number of nitrogens with one attached hydrogen (secondary N) is 1. The molecule has 3 aromatic carbocycles. The maximum atomic E-state index is 15.1. The lowest BCUT2D eigenvalue weighted by molar-refractivity contribution is 0.590. The van der Waals surface area contributed by atoms with E-state index < -0.39 is 7.40 Å². The van der Waals surface area contributed by atoms with Crippen LogP contribution >= 0.6 is 11.3 Å². The summed E-state index contributed by atoms with van der Waals surface area (Å²) in [7, 11) is -2.81. The number of rotatable bonds is 5. The molecule has 0 aliphatic heterocycles. The Labute approximate surface area is 259 Å². The highest BCUT2D eigenvalue weighted by molar-refractivity contribution is 7.23. The summed E-state index contributed by atoms with van der Waals surface area (Å²) in [4.78, 5) is 0.951. The summed E-state index contributed by atoms with van der Waals surface area (Å²) >= 11 is 1.54. The molecule has 0 amide bonds. The first-order valence-electron chi connectivity index (χ1n) is 14.8. The fourth-order valence-electron chi connectivity index (χ4n) is 5.67. The van der Waals surface area contributed by atoms with E-state index in [1.807, 2.05) is 12.1 Å². The van der Waals surface area contributed by atoms with E-state index in [-0.39, 0.29) is 21.9 Å². The van der Waals surface area contributed by atoms with Crippen LogP contribution in [0.1, 0.15) is 84.7 Å². The van der Waals surface area contributed by atoms with Gasteiger partial charge in [-0.1, -0.05) is 135 Å². The lowest BCUT2D eigenvalue weighted by atomic mass is 9.85.